The van der Waals surface area contributed by atoms with Crippen molar-refractivity contribution in [3.05, 3.63) is 27.0 Å². The van der Waals surface area contributed by atoms with Crippen molar-refractivity contribution in [2.45, 2.75) is 45.6 Å². The number of ether oxygens (including phenoxy) is 3. The molecule has 11 heteroatoms. The molecule has 1 aliphatic heterocycles. The predicted octanol–water partition coefficient (Wildman–Crippen LogP) is -0.723. The molecule has 0 radical (unpaired) electrons. The molecule has 26 heavy (non-hydrogen) atoms. The highest BCUT2D eigenvalue weighted by Gasteiger charge is 2.39. The summed E-state index contributed by atoms with van der Waals surface area (Å²) < 4.78 is 16.8. The van der Waals surface area contributed by atoms with Crippen LogP contribution >= 0.6 is 0 Å². The van der Waals surface area contributed by atoms with Gasteiger partial charge in [0.05, 0.1) is 0 Å². The SMILES string of the molecule is CC(=O)Nc1cn([C@H]2C[C@H](OC(C)=O)[C@@H](COC(C)=O)O2)c(=O)[nH]c1=O. The first-order valence-corrected chi connectivity index (χ1v) is 7.76. The zero-order valence-electron chi connectivity index (χ0n) is 14.4. The fraction of sp³-hybridized carbons (Fsp3) is 0.533. The minimum Gasteiger partial charge on any atom is -0.463 e. The Hall–Kier alpha value is -2.95. The van der Waals surface area contributed by atoms with Crippen LogP contribution in [0, 0.1) is 0 Å². The summed E-state index contributed by atoms with van der Waals surface area (Å²) in [5.41, 5.74) is -1.65. The smallest absolute Gasteiger partial charge is 0.330 e. The molecule has 2 N–H and O–H groups in total. The van der Waals surface area contributed by atoms with E-state index in [1.165, 1.54) is 20.8 Å². The lowest BCUT2D eigenvalue weighted by Gasteiger charge is -2.17. The molecule has 0 bridgehead atoms. The molecule has 1 aliphatic rings. The van der Waals surface area contributed by atoms with E-state index in [4.69, 9.17) is 14.2 Å². The monoisotopic (exact) mass is 369 g/mol. The number of anilines is 1. The van der Waals surface area contributed by atoms with Gasteiger partial charge in [-0.1, -0.05) is 0 Å². The van der Waals surface area contributed by atoms with Crippen LogP contribution < -0.4 is 16.6 Å². The van der Waals surface area contributed by atoms with Crippen molar-refractivity contribution in [2.24, 2.45) is 0 Å². The van der Waals surface area contributed by atoms with Gasteiger partial charge in [-0.25, -0.2) is 4.79 Å². The average molecular weight is 369 g/mol. The third-order valence-corrected chi connectivity index (χ3v) is 3.54. The molecule has 0 aromatic carbocycles. The highest BCUT2D eigenvalue weighted by molar-refractivity contribution is 5.88. The van der Waals surface area contributed by atoms with Crippen LogP contribution in [-0.2, 0) is 28.6 Å². The predicted molar refractivity (Wildman–Crippen MR) is 86.3 cm³/mol. The Morgan fingerprint density at radius 1 is 1.27 bits per heavy atom. The van der Waals surface area contributed by atoms with Crippen molar-refractivity contribution >= 4 is 23.5 Å². The summed E-state index contributed by atoms with van der Waals surface area (Å²) in [5, 5.41) is 2.31. The van der Waals surface area contributed by atoms with Crippen LogP contribution in [0.25, 0.3) is 0 Å². The van der Waals surface area contributed by atoms with Crippen LogP contribution in [0.4, 0.5) is 5.69 Å². The third kappa shape index (κ3) is 4.79. The summed E-state index contributed by atoms with van der Waals surface area (Å²) in [4.78, 5) is 59.3. The second-order valence-corrected chi connectivity index (χ2v) is 5.71. The minimum absolute atomic E-state index is 0.0942. The molecule has 0 saturated carbocycles. The number of H-pyrrole nitrogens is 1. The van der Waals surface area contributed by atoms with Crippen LogP contribution in [-0.4, -0.2) is 46.2 Å². The average Bonchev–Trinajstić information content (AvgIpc) is 2.89. The Bertz CT molecular complexity index is 827. The molecule has 1 aromatic rings. The molecule has 1 saturated heterocycles. The van der Waals surface area contributed by atoms with Gasteiger partial charge in [-0.3, -0.25) is 28.7 Å². The zero-order valence-corrected chi connectivity index (χ0v) is 14.4. The molecule has 1 fully saturated rings. The van der Waals surface area contributed by atoms with Gasteiger partial charge in [-0.15, -0.1) is 0 Å². The van der Waals surface area contributed by atoms with Crippen molar-refractivity contribution in [3.63, 3.8) is 0 Å². The lowest BCUT2D eigenvalue weighted by Crippen LogP contribution is -2.34. The van der Waals surface area contributed by atoms with E-state index in [0.717, 1.165) is 10.8 Å². The Labute approximate surface area is 147 Å². The van der Waals surface area contributed by atoms with E-state index in [2.05, 4.69) is 10.3 Å². The molecule has 2 rings (SSSR count). The topological polar surface area (TPSA) is 146 Å². The molecular formula is C15H19N3O8. The first-order valence-electron chi connectivity index (χ1n) is 7.76. The number of hydrogen-bond acceptors (Lipinski definition) is 8. The Morgan fingerprint density at radius 2 is 1.96 bits per heavy atom. The molecule has 3 atom stereocenters. The number of carbonyl (C=O) groups excluding carboxylic acids is 3. The van der Waals surface area contributed by atoms with Gasteiger partial charge >= 0.3 is 17.6 Å². The van der Waals surface area contributed by atoms with E-state index < -0.39 is 47.5 Å². The molecule has 142 valence electrons. The van der Waals surface area contributed by atoms with Crippen LogP contribution in [0.3, 0.4) is 0 Å². The summed E-state index contributed by atoms with van der Waals surface area (Å²) in [5.74, 6) is -1.58. The van der Waals surface area contributed by atoms with Gasteiger partial charge in [0.25, 0.3) is 5.56 Å². The Kier molecular flexibility index (Phi) is 5.93. The van der Waals surface area contributed by atoms with Gasteiger partial charge in [0.15, 0.2) is 0 Å². The van der Waals surface area contributed by atoms with Crippen LogP contribution in [0.2, 0.25) is 0 Å². The van der Waals surface area contributed by atoms with Gasteiger partial charge in [-0.05, 0) is 0 Å². The van der Waals surface area contributed by atoms with Gasteiger partial charge in [-0.2, -0.15) is 0 Å². The maximum absolute atomic E-state index is 12.1. The highest BCUT2D eigenvalue weighted by atomic mass is 16.6. The fourth-order valence-electron chi connectivity index (χ4n) is 2.54. The highest BCUT2D eigenvalue weighted by Crippen LogP contribution is 2.30. The van der Waals surface area contributed by atoms with E-state index in [1.54, 1.807) is 0 Å². The van der Waals surface area contributed by atoms with Crippen molar-refractivity contribution < 1.29 is 28.6 Å². The number of carbonyl (C=O) groups is 3. The molecule has 11 nitrogen and oxygen atoms in total. The quantitative estimate of drug-likeness (QED) is 0.647. The number of aromatic nitrogens is 2. The van der Waals surface area contributed by atoms with E-state index in [-0.39, 0.29) is 18.7 Å². The second-order valence-electron chi connectivity index (χ2n) is 5.71. The summed E-state index contributed by atoms with van der Waals surface area (Å²) in [6.45, 7) is 3.49. The normalized spacial score (nSPS) is 21.9. The first kappa shape index (κ1) is 19.4. The molecule has 2 heterocycles. The van der Waals surface area contributed by atoms with Crippen LogP contribution in [0.15, 0.2) is 15.8 Å². The number of rotatable bonds is 5. The number of esters is 2. The van der Waals surface area contributed by atoms with Crippen molar-refractivity contribution in [1.29, 1.82) is 0 Å². The largest absolute Gasteiger partial charge is 0.463 e. The second kappa shape index (κ2) is 7.95. The Balaban J connectivity index is 2.28. The first-order chi connectivity index (χ1) is 12.2. The number of aromatic amines is 1. The van der Waals surface area contributed by atoms with Gasteiger partial charge in [0.1, 0.15) is 30.7 Å². The van der Waals surface area contributed by atoms with E-state index in [9.17, 15) is 24.0 Å². The lowest BCUT2D eigenvalue weighted by molar-refractivity contribution is -0.155. The molecule has 0 spiro atoms. The number of amides is 1. The van der Waals surface area contributed by atoms with E-state index in [0.29, 0.717) is 0 Å². The fourth-order valence-corrected chi connectivity index (χ4v) is 2.54. The van der Waals surface area contributed by atoms with Crippen LogP contribution in [0.5, 0.6) is 0 Å². The van der Waals surface area contributed by atoms with Crippen LogP contribution in [0.1, 0.15) is 33.4 Å². The van der Waals surface area contributed by atoms with Gasteiger partial charge in [0, 0.05) is 33.4 Å². The summed E-state index contributed by atoms with van der Waals surface area (Å²) in [7, 11) is 0. The third-order valence-electron chi connectivity index (χ3n) is 3.54. The standard InChI is InChI=1S/C15H19N3O8/c1-7(19)16-10-5-18(15(23)17-14(10)22)13-4-11(25-9(3)21)12(26-13)6-24-8(2)20/h5,11-13H,4,6H2,1-3H3,(H,16,19)(H,17,22,23)/t11-,12+,13+/m0/s1. The van der Waals surface area contributed by atoms with E-state index in [1.807, 2.05) is 0 Å². The zero-order chi connectivity index (χ0) is 19.4. The van der Waals surface area contributed by atoms with Crippen molar-refractivity contribution in [2.75, 3.05) is 11.9 Å². The van der Waals surface area contributed by atoms with Gasteiger partial charge in [0.2, 0.25) is 5.91 Å². The minimum atomic E-state index is -0.892. The molecule has 0 aliphatic carbocycles. The summed E-state index contributed by atoms with van der Waals surface area (Å²) in [6.07, 6.45) is -1.18. The number of hydrogen-bond donors (Lipinski definition) is 2. The van der Waals surface area contributed by atoms with E-state index >= 15 is 0 Å². The number of nitrogens with zero attached hydrogens (tertiary/aromatic N) is 1. The maximum atomic E-state index is 12.1. The molecule has 0 unspecified atom stereocenters. The maximum Gasteiger partial charge on any atom is 0.330 e. The van der Waals surface area contributed by atoms with Crippen molar-refractivity contribution in [3.8, 4) is 0 Å². The molecular weight excluding hydrogens is 350 g/mol. The van der Waals surface area contributed by atoms with Gasteiger partial charge < -0.3 is 19.5 Å². The molecule has 1 amide bonds. The Morgan fingerprint density at radius 3 is 2.54 bits per heavy atom. The van der Waals surface area contributed by atoms with Crippen molar-refractivity contribution in [1.82, 2.24) is 9.55 Å². The summed E-state index contributed by atoms with van der Waals surface area (Å²) >= 11 is 0. The number of nitrogens with one attached hydrogen (secondary N) is 2. The lowest BCUT2D eigenvalue weighted by atomic mass is 10.2. The summed E-state index contributed by atoms with van der Waals surface area (Å²) in [6, 6.07) is 0. The molecule has 1 aromatic heterocycles.